The topological polar surface area (TPSA) is 0 Å². The summed E-state index contributed by atoms with van der Waals surface area (Å²) in [7, 11) is 2.44. The van der Waals surface area contributed by atoms with Crippen LogP contribution in [0.25, 0.3) is 0 Å². The lowest BCUT2D eigenvalue weighted by atomic mass is 10.1. The number of likely N-dealkylation sites (tertiary alicyclic amines) is 1. The molecular formula is C13H28BrNS. The average Bonchev–Trinajstić information content (AvgIpc) is 2.64. The van der Waals surface area contributed by atoms with Crippen LogP contribution in [0.2, 0.25) is 0 Å². The van der Waals surface area contributed by atoms with Gasteiger partial charge in [-0.05, 0) is 25.0 Å². The number of rotatable bonds is 8. The zero-order valence-electron chi connectivity index (χ0n) is 10.8. The van der Waals surface area contributed by atoms with Gasteiger partial charge in [-0.2, -0.15) is 12.6 Å². The summed E-state index contributed by atoms with van der Waals surface area (Å²) in [6, 6.07) is 0. The lowest BCUT2D eigenvalue weighted by molar-refractivity contribution is -0.897. The number of nitrogens with zero attached hydrogens (tertiary/aromatic N) is 1. The Kier molecular flexibility index (Phi) is 10.3. The normalized spacial score (nSPS) is 18.4. The second-order valence-corrected chi connectivity index (χ2v) is 5.79. The van der Waals surface area contributed by atoms with Gasteiger partial charge in [0.2, 0.25) is 0 Å². The third kappa shape index (κ3) is 7.18. The van der Waals surface area contributed by atoms with E-state index in [-0.39, 0.29) is 17.0 Å². The highest BCUT2D eigenvalue weighted by molar-refractivity contribution is 7.80. The van der Waals surface area contributed by atoms with Crippen LogP contribution in [0.15, 0.2) is 0 Å². The van der Waals surface area contributed by atoms with Crippen LogP contribution < -0.4 is 17.0 Å². The minimum absolute atomic E-state index is 0. The van der Waals surface area contributed by atoms with E-state index >= 15 is 0 Å². The minimum atomic E-state index is 0. The van der Waals surface area contributed by atoms with Crippen molar-refractivity contribution in [1.29, 1.82) is 0 Å². The van der Waals surface area contributed by atoms with Crippen molar-refractivity contribution in [3.8, 4) is 0 Å². The van der Waals surface area contributed by atoms with Gasteiger partial charge in [0.25, 0.3) is 0 Å². The SMILES string of the molecule is C[N+]1(CCCCCCCCS)CCCC1.[Br-]. The summed E-state index contributed by atoms with van der Waals surface area (Å²) in [6.45, 7) is 4.28. The van der Waals surface area contributed by atoms with Gasteiger partial charge in [0, 0.05) is 12.8 Å². The number of quaternary nitrogens is 1. The van der Waals surface area contributed by atoms with Crippen molar-refractivity contribution in [2.45, 2.75) is 51.4 Å². The largest absolute Gasteiger partial charge is 1.00 e. The highest BCUT2D eigenvalue weighted by Crippen LogP contribution is 2.18. The summed E-state index contributed by atoms with van der Waals surface area (Å²) < 4.78 is 1.36. The van der Waals surface area contributed by atoms with Gasteiger partial charge in [-0.1, -0.05) is 19.3 Å². The molecule has 0 atom stereocenters. The first-order chi connectivity index (χ1) is 7.27. The monoisotopic (exact) mass is 309 g/mol. The van der Waals surface area contributed by atoms with Crippen molar-refractivity contribution in [3.63, 3.8) is 0 Å². The molecule has 0 unspecified atom stereocenters. The van der Waals surface area contributed by atoms with E-state index in [9.17, 15) is 0 Å². The fraction of sp³-hybridized carbons (Fsp3) is 1.00. The van der Waals surface area contributed by atoms with E-state index in [2.05, 4.69) is 19.7 Å². The maximum Gasteiger partial charge on any atom is 0.0786 e. The van der Waals surface area contributed by atoms with Crippen LogP contribution in [0.3, 0.4) is 0 Å². The lowest BCUT2D eigenvalue weighted by Gasteiger charge is -2.29. The molecule has 1 rings (SSSR count). The minimum Gasteiger partial charge on any atom is -1.00 e. The predicted molar refractivity (Wildman–Crippen MR) is 71.6 cm³/mol. The number of hydrogen-bond acceptors (Lipinski definition) is 1. The van der Waals surface area contributed by atoms with Crippen LogP contribution in [-0.2, 0) is 0 Å². The number of thiol groups is 1. The molecule has 0 aromatic heterocycles. The van der Waals surface area contributed by atoms with Gasteiger partial charge >= 0.3 is 0 Å². The van der Waals surface area contributed by atoms with Crippen LogP contribution in [0.5, 0.6) is 0 Å². The van der Waals surface area contributed by atoms with Gasteiger partial charge in [0.15, 0.2) is 0 Å². The van der Waals surface area contributed by atoms with Crippen molar-refractivity contribution < 1.29 is 21.5 Å². The van der Waals surface area contributed by atoms with Crippen LogP contribution >= 0.6 is 12.6 Å². The van der Waals surface area contributed by atoms with Crippen LogP contribution in [0, 0.1) is 0 Å². The Hall–Kier alpha value is 0.790. The molecule has 1 aliphatic rings. The molecule has 0 saturated carbocycles. The highest BCUT2D eigenvalue weighted by atomic mass is 79.9. The molecule has 1 heterocycles. The van der Waals surface area contributed by atoms with E-state index in [1.807, 2.05) is 0 Å². The van der Waals surface area contributed by atoms with Crippen LogP contribution in [0.1, 0.15) is 51.4 Å². The van der Waals surface area contributed by atoms with Crippen molar-refractivity contribution in [2.75, 3.05) is 32.4 Å². The highest BCUT2D eigenvalue weighted by Gasteiger charge is 2.25. The maximum atomic E-state index is 4.23. The summed E-state index contributed by atoms with van der Waals surface area (Å²) in [5.41, 5.74) is 0. The molecule has 0 amide bonds. The molecule has 1 saturated heterocycles. The zero-order chi connectivity index (χ0) is 11.0. The van der Waals surface area contributed by atoms with Crippen molar-refractivity contribution >= 4 is 12.6 Å². The van der Waals surface area contributed by atoms with Gasteiger partial charge in [0.1, 0.15) is 0 Å². The first kappa shape index (κ1) is 16.8. The fourth-order valence-corrected chi connectivity index (χ4v) is 2.86. The van der Waals surface area contributed by atoms with E-state index in [0.29, 0.717) is 0 Å². The Morgan fingerprint density at radius 1 is 0.875 bits per heavy atom. The zero-order valence-corrected chi connectivity index (χ0v) is 13.2. The summed E-state index contributed by atoms with van der Waals surface area (Å²) in [4.78, 5) is 0. The molecule has 0 radical (unpaired) electrons. The van der Waals surface area contributed by atoms with E-state index in [4.69, 9.17) is 0 Å². The predicted octanol–water partition coefficient (Wildman–Crippen LogP) is 0.501. The number of hydrogen-bond donors (Lipinski definition) is 1. The van der Waals surface area contributed by atoms with Crippen LogP contribution in [0.4, 0.5) is 0 Å². The number of unbranched alkanes of at least 4 members (excludes halogenated alkanes) is 5. The van der Waals surface area contributed by atoms with Crippen molar-refractivity contribution in [2.24, 2.45) is 0 Å². The molecule has 98 valence electrons. The molecule has 1 aliphatic heterocycles. The molecule has 3 heteroatoms. The summed E-state index contributed by atoms with van der Waals surface area (Å²) in [6.07, 6.45) is 11.3. The molecule has 1 nitrogen and oxygen atoms in total. The summed E-state index contributed by atoms with van der Waals surface area (Å²) in [5.74, 6) is 1.06. The molecule has 1 fully saturated rings. The van der Waals surface area contributed by atoms with E-state index in [0.717, 1.165) is 5.75 Å². The molecular weight excluding hydrogens is 282 g/mol. The van der Waals surface area contributed by atoms with Crippen LogP contribution in [-0.4, -0.2) is 36.9 Å². The van der Waals surface area contributed by atoms with Crippen molar-refractivity contribution in [1.82, 2.24) is 0 Å². The van der Waals surface area contributed by atoms with Gasteiger partial charge < -0.3 is 21.5 Å². The third-order valence-corrected chi connectivity index (χ3v) is 4.07. The molecule has 0 aliphatic carbocycles. The van der Waals surface area contributed by atoms with Gasteiger partial charge in [-0.15, -0.1) is 0 Å². The second-order valence-electron chi connectivity index (χ2n) is 5.34. The Morgan fingerprint density at radius 2 is 1.38 bits per heavy atom. The molecule has 16 heavy (non-hydrogen) atoms. The Labute approximate surface area is 118 Å². The maximum absolute atomic E-state index is 4.23. The molecule has 0 bridgehead atoms. The molecule has 0 spiro atoms. The van der Waals surface area contributed by atoms with Gasteiger partial charge in [0.05, 0.1) is 26.7 Å². The molecule has 0 N–H and O–H groups in total. The molecule has 0 aromatic carbocycles. The summed E-state index contributed by atoms with van der Waals surface area (Å²) in [5, 5.41) is 0. The Bertz CT molecular complexity index is 158. The third-order valence-electron chi connectivity index (χ3n) is 3.75. The smallest absolute Gasteiger partial charge is 0.0786 e. The van der Waals surface area contributed by atoms with Crippen molar-refractivity contribution in [3.05, 3.63) is 0 Å². The molecule has 0 aromatic rings. The number of halogens is 1. The standard InChI is InChI=1S/C13H27NS.BrH/c1-14(11-7-8-12-14)10-6-4-2-3-5-9-13-15;/h2-13H2,1H3;1H. The average molecular weight is 310 g/mol. The quantitative estimate of drug-likeness (QED) is 0.377. The summed E-state index contributed by atoms with van der Waals surface area (Å²) >= 11 is 4.23. The Morgan fingerprint density at radius 3 is 1.94 bits per heavy atom. The first-order valence-corrected chi connectivity index (χ1v) is 7.34. The van der Waals surface area contributed by atoms with E-state index < -0.39 is 0 Å². The van der Waals surface area contributed by atoms with Gasteiger partial charge in [-0.25, -0.2) is 0 Å². The van der Waals surface area contributed by atoms with Gasteiger partial charge in [-0.3, -0.25) is 0 Å². The van der Waals surface area contributed by atoms with E-state index in [1.54, 1.807) is 0 Å². The fourth-order valence-electron chi connectivity index (χ4n) is 2.63. The second kappa shape index (κ2) is 9.78. The first-order valence-electron chi connectivity index (χ1n) is 6.71. The lowest BCUT2D eigenvalue weighted by Crippen LogP contribution is -3.00. The van der Waals surface area contributed by atoms with E-state index in [1.165, 1.54) is 75.5 Å². The Balaban J connectivity index is 0.00000225.